The molecule has 1 saturated heterocycles. The highest BCUT2D eigenvalue weighted by atomic mass is 32.1. The van der Waals surface area contributed by atoms with E-state index in [0.717, 1.165) is 64.9 Å². The molecule has 0 saturated carbocycles. The minimum absolute atomic E-state index is 0.255. The molecule has 1 unspecified atom stereocenters. The van der Waals surface area contributed by atoms with Gasteiger partial charge >= 0.3 is 0 Å². The van der Waals surface area contributed by atoms with Gasteiger partial charge in [-0.1, -0.05) is 17.3 Å². The molecular formula is C25H27N3O4S. The Labute approximate surface area is 196 Å². The highest BCUT2D eigenvalue weighted by molar-refractivity contribution is 7.17. The first kappa shape index (κ1) is 21.8. The fourth-order valence-electron chi connectivity index (χ4n) is 4.18. The van der Waals surface area contributed by atoms with E-state index in [1.807, 2.05) is 53.9 Å². The molecule has 4 aromatic rings. The Hall–Kier alpha value is -3.07. The number of hydrogen-bond donors (Lipinski definition) is 1. The third kappa shape index (κ3) is 4.83. The zero-order valence-electron chi connectivity index (χ0n) is 18.5. The SMILES string of the molecule is COc1ccccc1N1CCN(CC(O)COc2ccc(-c3noc4ccsc34)cc2)CC1. The molecule has 7 nitrogen and oxygen atoms in total. The molecule has 5 rings (SSSR count). The van der Waals surface area contributed by atoms with E-state index >= 15 is 0 Å². The molecule has 3 heterocycles. The zero-order valence-corrected chi connectivity index (χ0v) is 19.3. The van der Waals surface area contributed by atoms with Crippen LogP contribution in [0.3, 0.4) is 0 Å². The number of thiophene rings is 1. The number of para-hydroxylation sites is 2. The Morgan fingerprint density at radius 3 is 2.64 bits per heavy atom. The van der Waals surface area contributed by atoms with Gasteiger partial charge in [0.25, 0.3) is 0 Å². The second kappa shape index (κ2) is 9.82. The van der Waals surface area contributed by atoms with E-state index in [2.05, 4.69) is 21.0 Å². The summed E-state index contributed by atoms with van der Waals surface area (Å²) in [6.45, 7) is 4.42. The van der Waals surface area contributed by atoms with Crippen molar-refractivity contribution in [1.29, 1.82) is 0 Å². The van der Waals surface area contributed by atoms with E-state index in [4.69, 9.17) is 14.0 Å². The van der Waals surface area contributed by atoms with Crippen LogP contribution in [0, 0.1) is 0 Å². The maximum absolute atomic E-state index is 10.5. The van der Waals surface area contributed by atoms with Crippen LogP contribution < -0.4 is 14.4 Å². The van der Waals surface area contributed by atoms with Crippen molar-refractivity contribution in [2.75, 3.05) is 51.3 Å². The van der Waals surface area contributed by atoms with Crippen molar-refractivity contribution in [3.05, 3.63) is 60.0 Å². The number of β-amino-alcohol motifs (C(OH)–C–C–N with tert-alkyl or cyclic N) is 1. The normalized spacial score (nSPS) is 15.6. The molecule has 2 aromatic carbocycles. The van der Waals surface area contributed by atoms with Crippen LogP contribution in [0.2, 0.25) is 0 Å². The van der Waals surface area contributed by atoms with E-state index < -0.39 is 6.10 Å². The van der Waals surface area contributed by atoms with Crippen molar-refractivity contribution in [1.82, 2.24) is 10.1 Å². The first-order chi connectivity index (χ1) is 16.2. The Bertz CT molecular complexity index is 1180. The van der Waals surface area contributed by atoms with Gasteiger partial charge in [0.1, 0.15) is 34.6 Å². The molecule has 1 aliphatic heterocycles. The standard InChI is InChI=1S/C25H27N3O4S/c1-30-22-5-3-2-4-21(22)28-13-11-27(12-14-28)16-19(29)17-31-20-8-6-18(7-9-20)24-25-23(32-26-24)10-15-33-25/h2-10,15,19,29H,11-14,16-17H2,1H3. The number of nitrogens with zero attached hydrogens (tertiary/aromatic N) is 3. The maximum atomic E-state index is 10.5. The van der Waals surface area contributed by atoms with Crippen LogP contribution >= 0.6 is 11.3 Å². The summed E-state index contributed by atoms with van der Waals surface area (Å²) in [4.78, 5) is 4.61. The highest BCUT2D eigenvalue weighted by Gasteiger charge is 2.21. The van der Waals surface area contributed by atoms with Crippen LogP contribution in [-0.4, -0.2) is 67.7 Å². The van der Waals surface area contributed by atoms with Crippen molar-refractivity contribution >= 4 is 27.3 Å². The van der Waals surface area contributed by atoms with Gasteiger partial charge in [-0.2, -0.15) is 0 Å². The van der Waals surface area contributed by atoms with Gasteiger partial charge in [0, 0.05) is 38.3 Å². The number of methoxy groups -OCH3 is 1. The number of benzene rings is 2. The maximum Gasteiger partial charge on any atom is 0.178 e. The van der Waals surface area contributed by atoms with Gasteiger partial charge in [-0.05, 0) is 47.8 Å². The lowest BCUT2D eigenvalue weighted by atomic mass is 10.1. The quantitative estimate of drug-likeness (QED) is 0.420. The third-order valence-electron chi connectivity index (χ3n) is 5.92. The van der Waals surface area contributed by atoms with Gasteiger partial charge in [-0.15, -0.1) is 11.3 Å². The Kier molecular flexibility index (Phi) is 6.48. The number of piperazine rings is 1. The lowest BCUT2D eigenvalue weighted by molar-refractivity contribution is 0.0663. The molecule has 2 aromatic heterocycles. The van der Waals surface area contributed by atoms with Crippen LogP contribution in [0.25, 0.3) is 21.5 Å². The summed E-state index contributed by atoms with van der Waals surface area (Å²) >= 11 is 1.62. The Balaban J connectivity index is 1.10. The molecule has 33 heavy (non-hydrogen) atoms. The van der Waals surface area contributed by atoms with Gasteiger partial charge in [0.05, 0.1) is 12.8 Å². The molecule has 172 valence electrons. The van der Waals surface area contributed by atoms with Crippen LogP contribution in [0.4, 0.5) is 5.69 Å². The second-order valence-electron chi connectivity index (χ2n) is 8.09. The summed E-state index contributed by atoms with van der Waals surface area (Å²) < 4.78 is 17.7. The highest BCUT2D eigenvalue weighted by Crippen LogP contribution is 2.32. The number of ether oxygens (including phenoxy) is 2. The predicted octanol–water partition coefficient (Wildman–Crippen LogP) is 4.13. The van der Waals surface area contributed by atoms with Crippen LogP contribution in [0.5, 0.6) is 11.5 Å². The Morgan fingerprint density at radius 2 is 1.85 bits per heavy atom. The summed E-state index contributed by atoms with van der Waals surface area (Å²) in [6, 6.07) is 17.8. The molecule has 0 aliphatic carbocycles. The zero-order chi connectivity index (χ0) is 22.6. The van der Waals surface area contributed by atoms with Gasteiger partial charge in [-0.3, -0.25) is 4.90 Å². The van der Waals surface area contributed by atoms with Crippen molar-refractivity contribution in [2.45, 2.75) is 6.10 Å². The van der Waals surface area contributed by atoms with Crippen molar-refractivity contribution in [3.63, 3.8) is 0 Å². The van der Waals surface area contributed by atoms with Gasteiger partial charge in [0.15, 0.2) is 5.58 Å². The average Bonchev–Trinajstić information content (AvgIpc) is 3.48. The number of aliphatic hydroxyl groups excluding tert-OH is 1. The molecule has 8 heteroatoms. The van der Waals surface area contributed by atoms with Crippen LogP contribution in [0.15, 0.2) is 64.5 Å². The van der Waals surface area contributed by atoms with Crippen LogP contribution in [0.1, 0.15) is 0 Å². The summed E-state index contributed by atoms with van der Waals surface area (Å²) in [5.41, 5.74) is 3.76. The van der Waals surface area contributed by atoms with Gasteiger partial charge in [-0.25, -0.2) is 0 Å². The third-order valence-corrected chi connectivity index (χ3v) is 6.82. The van der Waals surface area contributed by atoms with E-state index in [-0.39, 0.29) is 6.61 Å². The monoisotopic (exact) mass is 465 g/mol. The first-order valence-electron chi connectivity index (χ1n) is 11.1. The van der Waals surface area contributed by atoms with Crippen molar-refractivity contribution in [2.24, 2.45) is 0 Å². The lowest BCUT2D eigenvalue weighted by Gasteiger charge is -2.37. The fraction of sp³-hybridized carbons (Fsp3) is 0.320. The molecule has 1 fully saturated rings. The molecule has 0 amide bonds. The topological polar surface area (TPSA) is 71.2 Å². The first-order valence-corrected chi connectivity index (χ1v) is 11.9. The number of aliphatic hydroxyl groups is 1. The minimum atomic E-state index is -0.552. The molecule has 1 atom stereocenters. The molecule has 0 bridgehead atoms. The number of rotatable bonds is 8. The smallest absolute Gasteiger partial charge is 0.178 e. The van der Waals surface area contributed by atoms with Crippen LogP contribution in [-0.2, 0) is 0 Å². The number of hydrogen-bond acceptors (Lipinski definition) is 8. The van der Waals surface area contributed by atoms with Crippen molar-refractivity contribution in [3.8, 4) is 22.8 Å². The average molecular weight is 466 g/mol. The minimum Gasteiger partial charge on any atom is -0.495 e. The Morgan fingerprint density at radius 1 is 1.06 bits per heavy atom. The molecule has 0 spiro atoms. The lowest BCUT2D eigenvalue weighted by Crippen LogP contribution is -2.49. The number of anilines is 1. The van der Waals surface area contributed by atoms with Gasteiger partial charge < -0.3 is 24.0 Å². The second-order valence-corrected chi connectivity index (χ2v) is 9.01. The summed E-state index contributed by atoms with van der Waals surface area (Å²) in [5, 5.41) is 16.7. The van der Waals surface area contributed by atoms with E-state index in [9.17, 15) is 5.11 Å². The molecule has 1 aliphatic rings. The van der Waals surface area contributed by atoms with Gasteiger partial charge in [0.2, 0.25) is 0 Å². The van der Waals surface area contributed by atoms with Crippen molar-refractivity contribution < 1.29 is 19.1 Å². The predicted molar refractivity (Wildman–Crippen MR) is 130 cm³/mol. The van der Waals surface area contributed by atoms with E-state index in [1.54, 1.807) is 18.4 Å². The summed E-state index contributed by atoms with van der Waals surface area (Å²) in [5.74, 6) is 1.62. The molecule has 0 radical (unpaired) electrons. The van der Waals surface area contributed by atoms with E-state index in [0.29, 0.717) is 6.54 Å². The molecular weight excluding hydrogens is 438 g/mol. The fourth-order valence-corrected chi connectivity index (χ4v) is 4.99. The van der Waals surface area contributed by atoms with E-state index in [1.165, 1.54) is 0 Å². The number of fused-ring (bicyclic) bond motifs is 1. The molecule has 1 N–H and O–H groups in total. The summed E-state index contributed by atoms with van der Waals surface area (Å²) in [6.07, 6.45) is -0.552. The number of aromatic nitrogens is 1. The summed E-state index contributed by atoms with van der Waals surface area (Å²) in [7, 11) is 1.70. The largest absolute Gasteiger partial charge is 0.495 e.